The van der Waals surface area contributed by atoms with E-state index in [4.69, 9.17) is 0 Å². The van der Waals surface area contributed by atoms with Gasteiger partial charge in [-0.1, -0.05) is 67.9 Å². The van der Waals surface area contributed by atoms with Gasteiger partial charge in [-0.3, -0.25) is 19.3 Å². The summed E-state index contributed by atoms with van der Waals surface area (Å²) in [7, 11) is 0. The highest BCUT2D eigenvalue weighted by Crippen LogP contribution is 2.17. The number of aryl methyl sites for hydroxylation is 1. The average molecular weight is 364 g/mol. The smallest absolute Gasteiger partial charge is 0.292 e. The minimum absolute atomic E-state index is 0.000647. The summed E-state index contributed by atoms with van der Waals surface area (Å²) in [6.07, 6.45) is 1.92. The number of benzene rings is 2. The number of carbonyl (C=O) groups is 4. The zero-order valence-electron chi connectivity index (χ0n) is 15.1. The first kappa shape index (κ1) is 18.5. The molecular formula is C21H20N2O4. The second-order valence-corrected chi connectivity index (χ2v) is 6.42. The van der Waals surface area contributed by atoms with Crippen LogP contribution in [0.1, 0.15) is 34.8 Å². The van der Waals surface area contributed by atoms with Crippen LogP contribution in [0.15, 0.2) is 54.6 Å². The monoisotopic (exact) mass is 364 g/mol. The quantitative estimate of drug-likeness (QED) is 0.430. The van der Waals surface area contributed by atoms with Gasteiger partial charge in [0.1, 0.15) is 0 Å². The Bertz CT molecular complexity index is 875. The molecule has 0 bridgehead atoms. The molecule has 1 saturated heterocycles. The van der Waals surface area contributed by atoms with Gasteiger partial charge in [0.15, 0.2) is 5.78 Å². The van der Waals surface area contributed by atoms with Crippen LogP contribution < -0.4 is 0 Å². The first-order valence-electron chi connectivity index (χ1n) is 8.84. The molecular weight excluding hydrogens is 344 g/mol. The Morgan fingerprint density at radius 2 is 1.44 bits per heavy atom. The number of amides is 4. The highest BCUT2D eigenvalue weighted by Gasteiger charge is 2.45. The van der Waals surface area contributed by atoms with Gasteiger partial charge in [-0.05, 0) is 17.5 Å². The predicted octanol–water partition coefficient (Wildman–Crippen LogP) is 2.81. The summed E-state index contributed by atoms with van der Waals surface area (Å²) in [6.45, 7) is 1.63. The molecule has 0 N–H and O–H groups in total. The Labute approximate surface area is 157 Å². The van der Waals surface area contributed by atoms with Crippen LogP contribution in [0, 0.1) is 0 Å². The summed E-state index contributed by atoms with van der Waals surface area (Å²) in [5, 5.41) is 0. The van der Waals surface area contributed by atoms with Crippen molar-refractivity contribution in [2.45, 2.75) is 26.3 Å². The van der Waals surface area contributed by atoms with Crippen molar-refractivity contribution in [3.8, 4) is 0 Å². The number of carbonyl (C=O) groups excluding carboxylic acids is 4. The first-order chi connectivity index (χ1) is 13.0. The molecule has 6 heteroatoms. The molecule has 0 atom stereocenters. The van der Waals surface area contributed by atoms with Gasteiger partial charge in [0, 0.05) is 5.56 Å². The van der Waals surface area contributed by atoms with E-state index >= 15 is 0 Å². The molecule has 0 unspecified atom stereocenters. The van der Waals surface area contributed by atoms with Gasteiger partial charge < -0.3 is 0 Å². The van der Waals surface area contributed by atoms with Gasteiger partial charge in [-0.2, -0.15) is 0 Å². The lowest BCUT2D eigenvalue weighted by Crippen LogP contribution is -2.36. The van der Waals surface area contributed by atoms with E-state index in [1.165, 1.54) is 0 Å². The molecule has 1 aliphatic rings. The second kappa shape index (κ2) is 7.95. The number of urea groups is 1. The third kappa shape index (κ3) is 3.95. The zero-order valence-corrected chi connectivity index (χ0v) is 15.1. The van der Waals surface area contributed by atoms with Gasteiger partial charge in [0.05, 0.1) is 13.1 Å². The standard InChI is InChI=1S/C21H20N2O4/c1-2-6-15-9-11-17(12-10-15)18(24)14-23-20(26)19(25)22(21(23)27)13-16-7-4-3-5-8-16/h3-5,7-12H,2,6,13-14H2,1H3. The van der Waals surface area contributed by atoms with E-state index in [0.29, 0.717) is 10.5 Å². The number of rotatable bonds is 7. The van der Waals surface area contributed by atoms with Crippen LogP contribution in [0.4, 0.5) is 4.79 Å². The van der Waals surface area contributed by atoms with Crippen LogP contribution in [0.2, 0.25) is 0 Å². The van der Waals surface area contributed by atoms with Crippen LogP contribution in [0.5, 0.6) is 0 Å². The van der Waals surface area contributed by atoms with Crippen molar-refractivity contribution in [1.29, 1.82) is 0 Å². The van der Waals surface area contributed by atoms with E-state index in [2.05, 4.69) is 6.92 Å². The summed E-state index contributed by atoms with van der Waals surface area (Å²) in [6, 6.07) is 15.2. The highest BCUT2D eigenvalue weighted by molar-refractivity contribution is 6.45. The van der Waals surface area contributed by atoms with Crippen LogP contribution >= 0.6 is 0 Å². The Balaban J connectivity index is 1.71. The average Bonchev–Trinajstić information content (AvgIpc) is 2.88. The molecule has 2 aromatic carbocycles. The van der Waals surface area contributed by atoms with E-state index in [-0.39, 0.29) is 12.3 Å². The summed E-state index contributed by atoms with van der Waals surface area (Å²) in [5.41, 5.74) is 2.25. The fraction of sp³-hybridized carbons (Fsp3) is 0.238. The zero-order chi connectivity index (χ0) is 19.4. The fourth-order valence-electron chi connectivity index (χ4n) is 2.98. The Hall–Kier alpha value is -3.28. The Kier molecular flexibility index (Phi) is 5.45. The topological polar surface area (TPSA) is 74.8 Å². The largest absolute Gasteiger partial charge is 0.334 e. The Morgan fingerprint density at radius 3 is 2.07 bits per heavy atom. The molecule has 3 rings (SSSR count). The lowest BCUT2D eigenvalue weighted by molar-refractivity contribution is -0.143. The number of Topliss-reactive ketones (excluding diaryl/α,β-unsaturated/α-hetero) is 1. The number of imide groups is 2. The third-order valence-electron chi connectivity index (χ3n) is 4.43. The molecule has 0 aromatic heterocycles. The minimum Gasteiger partial charge on any atom is -0.292 e. The lowest BCUT2D eigenvalue weighted by Gasteiger charge is -2.15. The molecule has 0 spiro atoms. The molecule has 6 nitrogen and oxygen atoms in total. The molecule has 1 heterocycles. The molecule has 1 aliphatic heterocycles. The van der Waals surface area contributed by atoms with Crippen molar-refractivity contribution in [3.63, 3.8) is 0 Å². The lowest BCUT2D eigenvalue weighted by atomic mass is 10.1. The molecule has 27 heavy (non-hydrogen) atoms. The molecule has 0 saturated carbocycles. The first-order valence-corrected chi connectivity index (χ1v) is 8.84. The maximum absolute atomic E-state index is 12.5. The van der Waals surface area contributed by atoms with Gasteiger partial charge in [-0.15, -0.1) is 0 Å². The van der Waals surface area contributed by atoms with Crippen LogP contribution in [-0.2, 0) is 22.6 Å². The summed E-state index contributed by atoms with van der Waals surface area (Å²) in [4.78, 5) is 50.9. The molecule has 138 valence electrons. The fourth-order valence-corrected chi connectivity index (χ4v) is 2.98. The van der Waals surface area contributed by atoms with Crippen molar-refractivity contribution < 1.29 is 19.2 Å². The van der Waals surface area contributed by atoms with Gasteiger partial charge in [-0.25, -0.2) is 9.69 Å². The van der Waals surface area contributed by atoms with Crippen molar-refractivity contribution in [1.82, 2.24) is 9.80 Å². The van der Waals surface area contributed by atoms with Crippen molar-refractivity contribution in [2.75, 3.05) is 6.54 Å². The number of hydrogen-bond donors (Lipinski definition) is 0. The van der Waals surface area contributed by atoms with E-state index in [9.17, 15) is 19.2 Å². The maximum atomic E-state index is 12.5. The highest BCUT2D eigenvalue weighted by atomic mass is 16.2. The molecule has 1 fully saturated rings. The van der Waals surface area contributed by atoms with Gasteiger partial charge in [0.2, 0.25) is 0 Å². The molecule has 0 radical (unpaired) electrons. The number of ketones is 1. The summed E-state index contributed by atoms with van der Waals surface area (Å²) >= 11 is 0. The second-order valence-electron chi connectivity index (χ2n) is 6.42. The summed E-state index contributed by atoms with van der Waals surface area (Å²) < 4.78 is 0. The molecule has 0 aliphatic carbocycles. The van der Waals surface area contributed by atoms with Crippen LogP contribution in [-0.4, -0.2) is 40.0 Å². The van der Waals surface area contributed by atoms with E-state index in [1.54, 1.807) is 36.4 Å². The van der Waals surface area contributed by atoms with E-state index in [1.807, 2.05) is 18.2 Å². The number of hydrogen-bond acceptors (Lipinski definition) is 4. The van der Waals surface area contributed by atoms with E-state index < -0.39 is 24.4 Å². The van der Waals surface area contributed by atoms with Crippen LogP contribution in [0.25, 0.3) is 0 Å². The van der Waals surface area contributed by atoms with Crippen molar-refractivity contribution in [3.05, 3.63) is 71.3 Å². The van der Waals surface area contributed by atoms with Crippen LogP contribution in [0.3, 0.4) is 0 Å². The normalized spacial score (nSPS) is 14.2. The molecule has 2 aromatic rings. The Morgan fingerprint density at radius 1 is 0.815 bits per heavy atom. The van der Waals surface area contributed by atoms with Crippen molar-refractivity contribution in [2.24, 2.45) is 0 Å². The van der Waals surface area contributed by atoms with Gasteiger partial charge >= 0.3 is 17.8 Å². The number of nitrogens with zero attached hydrogens (tertiary/aromatic N) is 2. The summed E-state index contributed by atoms with van der Waals surface area (Å²) in [5.74, 6) is -2.25. The minimum atomic E-state index is -0.966. The predicted molar refractivity (Wildman–Crippen MR) is 98.9 cm³/mol. The van der Waals surface area contributed by atoms with Crippen molar-refractivity contribution >= 4 is 23.6 Å². The maximum Gasteiger partial charge on any atom is 0.334 e. The van der Waals surface area contributed by atoms with Gasteiger partial charge in [0.25, 0.3) is 0 Å². The molecule has 4 amide bonds. The third-order valence-corrected chi connectivity index (χ3v) is 4.43. The SMILES string of the molecule is CCCc1ccc(C(=O)CN2C(=O)C(=O)N(Cc3ccccc3)C2=O)cc1. The van der Waals surface area contributed by atoms with E-state index in [0.717, 1.165) is 28.9 Å².